The Balaban J connectivity index is 1.89. The maximum atomic E-state index is 5.80. The van der Waals surface area contributed by atoms with Crippen molar-refractivity contribution in [1.82, 2.24) is 0 Å². The average molecular weight is 284 g/mol. The minimum atomic E-state index is 0.0915. The fourth-order valence-electron chi connectivity index (χ4n) is 3.74. The maximum Gasteiger partial charge on any atom is 0.118 e. The molecule has 5 atom stereocenters. The Morgan fingerprint density at radius 1 is 1.20 bits per heavy atom. The van der Waals surface area contributed by atoms with Gasteiger partial charge in [0.1, 0.15) is 5.60 Å². The molecular formula is C17H32O3. The highest BCUT2D eigenvalue weighted by Crippen LogP contribution is 2.47. The summed E-state index contributed by atoms with van der Waals surface area (Å²) in [4.78, 5) is 0. The molecule has 118 valence electrons. The largest absolute Gasteiger partial charge is 0.381 e. The molecule has 1 unspecified atom stereocenters. The molecule has 0 aromatic rings. The molecule has 0 aliphatic carbocycles. The normalized spacial score (nSPS) is 33.9. The van der Waals surface area contributed by atoms with E-state index < -0.39 is 0 Å². The van der Waals surface area contributed by atoms with Crippen molar-refractivity contribution in [2.75, 3.05) is 26.9 Å². The number of ether oxygens (including phenoxy) is 3. The summed E-state index contributed by atoms with van der Waals surface area (Å²) in [5, 5.41) is 0. The van der Waals surface area contributed by atoms with Crippen LogP contribution in [0, 0.1) is 17.8 Å². The minimum absolute atomic E-state index is 0.0915. The first-order valence-electron chi connectivity index (χ1n) is 8.37. The molecular weight excluding hydrogens is 252 g/mol. The van der Waals surface area contributed by atoms with E-state index in [0.29, 0.717) is 17.9 Å². The van der Waals surface area contributed by atoms with Gasteiger partial charge in [0.15, 0.2) is 0 Å². The van der Waals surface area contributed by atoms with Crippen molar-refractivity contribution in [3.63, 3.8) is 0 Å². The first kappa shape index (κ1) is 16.3. The highest BCUT2D eigenvalue weighted by Gasteiger charge is 2.55. The predicted octanol–water partition coefficient (Wildman–Crippen LogP) is 3.66. The first-order valence-corrected chi connectivity index (χ1v) is 8.37. The number of rotatable bonds is 8. The van der Waals surface area contributed by atoms with Crippen LogP contribution in [0.1, 0.15) is 52.9 Å². The summed E-state index contributed by atoms with van der Waals surface area (Å²) < 4.78 is 16.9. The van der Waals surface area contributed by atoms with E-state index in [1.54, 1.807) is 0 Å². The lowest BCUT2D eigenvalue weighted by atomic mass is 9.73. The molecule has 0 N–H and O–H groups in total. The van der Waals surface area contributed by atoms with Gasteiger partial charge in [-0.15, -0.1) is 0 Å². The highest BCUT2D eigenvalue weighted by molar-refractivity contribution is 5.02. The molecule has 0 saturated carbocycles. The lowest BCUT2D eigenvalue weighted by Gasteiger charge is -2.36. The monoisotopic (exact) mass is 284 g/mol. The summed E-state index contributed by atoms with van der Waals surface area (Å²) in [6.45, 7) is 9.45. The van der Waals surface area contributed by atoms with Crippen molar-refractivity contribution in [3.8, 4) is 0 Å². The van der Waals surface area contributed by atoms with Gasteiger partial charge >= 0.3 is 0 Å². The molecule has 20 heavy (non-hydrogen) atoms. The predicted molar refractivity (Wildman–Crippen MR) is 80.9 cm³/mol. The molecule has 0 amide bonds. The number of methoxy groups -OCH3 is 1. The van der Waals surface area contributed by atoms with E-state index >= 15 is 0 Å². The fraction of sp³-hybridized carbons (Fsp3) is 1.00. The molecule has 3 nitrogen and oxygen atoms in total. The van der Waals surface area contributed by atoms with Crippen molar-refractivity contribution in [2.24, 2.45) is 17.8 Å². The van der Waals surface area contributed by atoms with Crippen molar-refractivity contribution in [1.29, 1.82) is 0 Å². The second-order valence-electron chi connectivity index (χ2n) is 6.85. The Bertz CT molecular complexity index is 288. The summed E-state index contributed by atoms with van der Waals surface area (Å²) in [5.74, 6) is 2.13. The Morgan fingerprint density at radius 2 is 1.95 bits per heavy atom. The second kappa shape index (κ2) is 7.24. The third-order valence-electron chi connectivity index (χ3n) is 5.50. The van der Waals surface area contributed by atoms with Gasteiger partial charge in [-0.2, -0.15) is 0 Å². The van der Waals surface area contributed by atoms with Crippen LogP contribution in [0.15, 0.2) is 0 Å². The first-order chi connectivity index (χ1) is 9.63. The van der Waals surface area contributed by atoms with Gasteiger partial charge in [0.25, 0.3) is 0 Å². The number of epoxide rings is 1. The number of hydrogen-bond acceptors (Lipinski definition) is 3. The van der Waals surface area contributed by atoms with Crippen LogP contribution in [0.2, 0.25) is 0 Å². The van der Waals surface area contributed by atoms with Crippen LogP contribution in [0.25, 0.3) is 0 Å². The van der Waals surface area contributed by atoms with Gasteiger partial charge in [-0.3, -0.25) is 0 Å². The average Bonchev–Trinajstić information content (AvgIpc) is 3.23. The molecule has 2 rings (SSSR count). The van der Waals surface area contributed by atoms with Gasteiger partial charge in [0.2, 0.25) is 0 Å². The smallest absolute Gasteiger partial charge is 0.118 e. The summed E-state index contributed by atoms with van der Waals surface area (Å²) in [6.07, 6.45) is 6.69. The molecule has 1 spiro atoms. The van der Waals surface area contributed by atoms with E-state index in [2.05, 4.69) is 20.8 Å². The van der Waals surface area contributed by atoms with Crippen molar-refractivity contribution in [3.05, 3.63) is 0 Å². The quantitative estimate of drug-likeness (QED) is 0.637. The third-order valence-corrected chi connectivity index (χ3v) is 5.50. The Hall–Kier alpha value is -0.120. The molecule has 2 saturated heterocycles. The zero-order valence-electron chi connectivity index (χ0n) is 13.7. The van der Waals surface area contributed by atoms with E-state index in [-0.39, 0.29) is 5.60 Å². The van der Waals surface area contributed by atoms with E-state index in [4.69, 9.17) is 14.2 Å². The van der Waals surface area contributed by atoms with Gasteiger partial charge < -0.3 is 14.2 Å². The third kappa shape index (κ3) is 3.75. The van der Waals surface area contributed by atoms with E-state index in [1.165, 1.54) is 32.1 Å². The van der Waals surface area contributed by atoms with Crippen LogP contribution < -0.4 is 0 Å². The van der Waals surface area contributed by atoms with Crippen LogP contribution in [0.5, 0.6) is 0 Å². The molecule has 2 aliphatic heterocycles. The summed E-state index contributed by atoms with van der Waals surface area (Å²) in [6, 6.07) is 0. The van der Waals surface area contributed by atoms with Crippen LogP contribution >= 0.6 is 0 Å². The topological polar surface area (TPSA) is 31.0 Å². The molecule has 0 radical (unpaired) electrons. The fourth-order valence-corrected chi connectivity index (χ4v) is 3.74. The van der Waals surface area contributed by atoms with Crippen LogP contribution in [-0.4, -0.2) is 38.6 Å². The Labute approximate surface area is 124 Å². The SMILES string of the molecule is CCC[C@@H](CC[C@@H](C)[C@H](C)OC)C1CCOC[C@@]12CO2. The van der Waals surface area contributed by atoms with Crippen molar-refractivity contribution >= 4 is 0 Å². The van der Waals surface area contributed by atoms with E-state index in [0.717, 1.165) is 25.7 Å². The van der Waals surface area contributed by atoms with Gasteiger partial charge in [-0.25, -0.2) is 0 Å². The van der Waals surface area contributed by atoms with Gasteiger partial charge in [-0.1, -0.05) is 26.7 Å². The number of hydrogen-bond donors (Lipinski definition) is 0. The maximum absolute atomic E-state index is 5.80. The lowest BCUT2D eigenvalue weighted by Crippen LogP contribution is -2.40. The molecule has 0 bridgehead atoms. The zero-order chi connectivity index (χ0) is 14.6. The molecule has 0 aromatic carbocycles. The van der Waals surface area contributed by atoms with E-state index in [1.807, 2.05) is 7.11 Å². The van der Waals surface area contributed by atoms with Crippen molar-refractivity contribution in [2.45, 2.75) is 64.6 Å². The minimum Gasteiger partial charge on any atom is -0.381 e. The zero-order valence-corrected chi connectivity index (χ0v) is 13.7. The van der Waals surface area contributed by atoms with E-state index in [9.17, 15) is 0 Å². The Morgan fingerprint density at radius 3 is 2.55 bits per heavy atom. The summed E-state index contributed by atoms with van der Waals surface area (Å²) >= 11 is 0. The standard InChI is InChI=1S/C17H32O3/c1-5-6-15(8-7-13(2)14(3)18-4)16-9-10-19-11-17(16)12-20-17/h13-16H,5-12H2,1-4H3/t13-,14+,15+,16?,17-/m1/s1. The van der Waals surface area contributed by atoms with Gasteiger partial charge in [-0.05, 0) is 43.9 Å². The van der Waals surface area contributed by atoms with Crippen LogP contribution in [0.3, 0.4) is 0 Å². The summed E-state index contributed by atoms with van der Waals surface area (Å²) in [7, 11) is 1.82. The summed E-state index contributed by atoms with van der Waals surface area (Å²) in [5.41, 5.74) is 0.0915. The molecule has 2 aliphatic rings. The lowest BCUT2D eigenvalue weighted by molar-refractivity contribution is -0.0294. The van der Waals surface area contributed by atoms with Crippen LogP contribution in [-0.2, 0) is 14.2 Å². The highest BCUT2D eigenvalue weighted by atomic mass is 16.6. The Kier molecular flexibility index (Phi) is 5.88. The molecule has 2 fully saturated rings. The molecule has 2 heterocycles. The van der Waals surface area contributed by atoms with Gasteiger partial charge in [0, 0.05) is 13.7 Å². The molecule has 3 heteroatoms. The molecule has 0 aromatic heterocycles. The van der Waals surface area contributed by atoms with Crippen molar-refractivity contribution < 1.29 is 14.2 Å². The van der Waals surface area contributed by atoms with Crippen LogP contribution in [0.4, 0.5) is 0 Å². The second-order valence-corrected chi connectivity index (χ2v) is 6.85. The van der Waals surface area contributed by atoms with Gasteiger partial charge in [0.05, 0.1) is 19.3 Å².